The Morgan fingerprint density at radius 3 is 3.06 bits per heavy atom. The van der Waals surface area contributed by atoms with Crippen LogP contribution >= 0.6 is 22.6 Å². The fourth-order valence-corrected chi connectivity index (χ4v) is 3.86. The van der Waals surface area contributed by atoms with Gasteiger partial charge in [-0.25, -0.2) is 0 Å². The predicted molar refractivity (Wildman–Crippen MR) is 80.4 cm³/mol. The number of nitrogen functional groups attached to an aromatic ring is 1. The number of rotatable bonds is 1. The molecule has 2 atom stereocenters. The molecule has 1 aromatic carbocycles. The highest BCUT2D eigenvalue weighted by atomic mass is 127. The molecule has 0 aliphatic carbocycles. The van der Waals surface area contributed by atoms with Crippen molar-refractivity contribution in [3.8, 4) is 0 Å². The Morgan fingerprint density at radius 1 is 1.44 bits per heavy atom. The molecular formula is C13H16IN3O. The van der Waals surface area contributed by atoms with Crippen molar-refractivity contribution in [2.24, 2.45) is 5.92 Å². The van der Waals surface area contributed by atoms with Crippen LogP contribution in [0.2, 0.25) is 0 Å². The van der Waals surface area contributed by atoms with E-state index < -0.39 is 0 Å². The van der Waals surface area contributed by atoms with Gasteiger partial charge in [0.05, 0.1) is 17.6 Å². The molecule has 2 heterocycles. The zero-order valence-corrected chi connectivity index (χ0v) is 12.2. The molecule has 2 saturated heterocycles. The van der Waals surface area contributed by atoms with Gasteiger partial charge >= 0.3 is 0 Å². The van der Waals surface area contributed by atoms with Crippen molar-refractivity contribution in [2.45, 2.75) is 18.9 Å². The second-order valence-electron chi connectivity index (χ2n) is 4.97. The highest BCUT2D eigenvalue weighted by Gasteiger charge is 2.41. The van der Waals surface area contributed by atoms with E-state index in [0.717, 1.165) is 35.2 Å². The van der Waals surface area contributed by atoms with Gasteiger partial charge in [-0.05, 0) is 53.6 Å². The molecule has 5 heteroatoms. The summed E-state index contributed by atoms with van der Waals surface area (Å²) in [5, 5.41) is 2.98. The second kappa shape index (κ2) is 4.60. The van der Waals surface area contributed by atoms with Crippen LogP contribution in [0.5, 0.6) is 0 Å². The van der Waals surface area contributed by atoms with E-state index in [2.05, 4.69) is 38.9 Å². The van der Waals surface area contributed by atoms with Crippen molar-refractivity contribution in [3.63, 3.8) is 0 Å². The van der Waals surface area contributed by atoms with Crippen molar-refractivity contribution in [1.82, 2.24) is 5.32 Å². The lowest BCUT2D eigenvalue weighted by molar-refractivity contribution is -0.122. The molecule has 1 amide bonds. The number of benzene rings is 1. The number of fused-ring (bicyclic) bond motifs is 1. The number of halogens is 1. The molecule has 0 aromatic heterocycles. The SMILES string of the molecule is Nc1ccc(N2CCCC3C(=O)NCC32)c(I)c1. The van der Waals surface area contributed by atoms with E-state index in [1.165, 1.54) is 5.69 Å². The topological polar surface area (TPSA) is 58.4 Å². The summed E-state index contributed by atoms with van der Waals surface area (Å²) in [4.78, 5) is 14.1. The maximum Gasteiger partial charge on any atom is 0.225 e. The second-order valence-corrected chi connectivity index (χ2v) is 6.13. The molecule has 2 fully saturated rings. The third-order valence-corrected chi connectivity index (χ3v) is 4.75. The van der Waals surface area contributed by atoms with Crippen molar-refractivity contribution in [2.75, 3.05) is 23.7 Å². The van der Waals surface area contributed by atoms with Gasteiger partial charge in [0.25, 0.3) is 0 Å². The van der Waals surface area contributed by atoms with Gasteiger partial charge in [-0.3, -0.25) is 4.79 Å². The molecular weight excluding hydrogens is 341 g/mol. The van der Waals surface area contributed by atoms with Crippen LogP contribution in [0.1, 0.15) is 12.8 Å². The van der Waals surface area contributed by atoms with E-state index in [4.69, 9.17) is 5.73 Å². The first-order valence-electron chi connectivity index (χ1n) is 6.26. The van der Waals surface area contributed by atoms with Gasteiger partial charge in [0, 0.05) is 22.3 Å². The highest BCUT2D eigenvalue weighted by Crippen LogP contribution is 2.34. The van der Waals surface area contributed by atoms with Crippen molar-refractivity contribution in [3.05, 3.63) is 21.8 Å². The summed E-state index contributed by atoms with van der Waals surface area (Å²) in [6.45, 7) is 1.79. The summed E-state index contributed by atoms with van der Waals surface area (Å²) in [5.41, 5.74) is 7.79. The van der Waals surface area contributed by atoms with Gasteiger partial charge in [-0.2, -0.15) is 0 Å². The molecule has 18 heavy (non-hydrogen) atoms. The van der Waals surface area contributed by atoms with Crippen molar-refractivity contribution >= 4 is 39.9 Å². The number of carbonyl (C=O) groups is 1. The normalized spacial score (nSPS) is 26.9. The lowest BCUT2D eigenvalue weighted by atomic mass is 9.91. The van der Waals surface area contributed by atoms with Gasteiger partial charge in [-0.1, -0.05) is 0 Å². The van der Waals surface area contributed by atoms with E-state index in [9.17, 15) is 4.79 Å². The van der Waals surface area contributed by atoms with E-state index in [-0.39, 0.29) is 11.8 Å². The summed E-state index contributed by atoms with van der Waals surface area (Å²) in [7, 11) is 0. The highest BCUT2D eigenvalue weighted by molar-refractivity contribution is 14.1. The summed E-state index contributed by atoms with van der Waals surface area (Å²) < 4.78 is 1.16. The fraction of sp³-hybridized carbons (Fsp3) is 0.462. The molecule has 0 spiro atoms. The van der Waals surface area contributed by atoms with Gasteiger partial charge in [0.1, 0.15) is 0 Å². The number of nitrogens with one attached hydrogen (secondary N) is 1. The predicted octanol–water partition coefficient (Wildman–Crippen LogP) is 1.59. The molecule has 2 unspecified atom stereocenters. The van der Waals surface area contributed by atoms with Crippen LogP contribution in [0.25, 0.3) is 0 Å². The van der Waals surface area contributed by atoms with Crippen molar-refractivity contribution in [1.29, 1.82) is 0 Å². The number of hydrogen-bond acceptors (Lipinski definition) is 3. The first-order chi connectivity index (χ1) is 8.66. The third-order valence-electron chi connectivity index (χ3n) is 3.88. The van der Waals surface area contributed by atoms with Gasteiger partial charge < -0.3 is 16.0 Å². The van der Waals surface area contributed by atoms with Gasteiger partial charge in [-0.15, -0.1) is 0 Å². The molecule has 2 aliphatic heterocycles. The minimum Gasteiger partial charge on any atom is -0.399 e. The largest absolute Gasteiger partial charge is 0.399 e. The molecule has 0 saturated carbocycles. The number of piperidine rings is 1. The minimum atomic E-state index is 0.159. The maximum absolute atomic E-state index is 11.8. The monoisotopic (exact) mass is 357 g/mol. The summed E-state index contributed by atoms with van der Waals surface area (Å²) in [6.07, 6.45) is 2.09. The molecule has 4 nitrogen and oxygen atoms in total. The number of anilines is 2. The van der Waals surface area contributed by atoms with Crippen molar-refractivity contribution < 1.29 is 4.79 Å². The van der Waals surface area contributed by atoms with Crippen LogP contribution in [0.3, 0.4) is 0 Å². The number of carbonyl (C=O) groups excluding carboxylic acids is 1. The van der Waals surface area contributed by atoms with Crippen LogP contribution in [-0.4, -0.2) is 25.0 Å². The molecule has 1 aromatic rings. The first kappa shape index (κ1) is 12.1. The molecule has 3 rings (SSSR count). The quantitative estimate of drug-likeness (QED) is 0.593. The zero-order valence-electron chi connectivity index (χ0n) is 10.0. The minimum absolute atomic E-state index is 0.159. The maximum atomic E-state index is 11.8. The summed E-state index contributed by atoms with van der Waals surface area (Å²) in [5.74, 6) is 0.377. The average molecular weight is 357 g/mol. The van der Waals surface area contributed by atoms with E-state index in [1.54, 1.807) is 0 Å². The van der Waals surface area contributed by atoms with Crippen LogP contribution in [-0.2, 0) is 4.79 Å². The lowest BCUT2D eigenvalue weighted by Crippen LogP contribution is -2.46. The molecule has 0 radical (unpaired) electrons. The van der Waals surface area contributed by atoms with E-state index in [1.807, 2.05) is 12.1 Å². The number of hydrogen-bond donors (Lipinski definition) is 2. The lowest BCUT2D eigenvalue weighted by Gasteiger charge is -2.38. The fourth-order valence-electron chi connectivity index (χ4n) is 3.01. The van der Waals surface area contributed by atoms with Crippen LogP contribution in [0, 0.1) is 9.49 Å². The van der Waals surface area contributed by atoms with E-state index >= 15 is 0 Å². The number of nitrogens with two attached hydrogens (primary N) is 1. The molecule has 0 bridgehead atoms. The smallest absolute Gasteiger partial charge is 0.225 e. The van der Waals surface area contributed by atoms with Crippen LogP contribution in [0.15, 0.2) is 18.2 Å². The van der Waals surface area contributed by atoms with Gasteiger partial charge in [0.15, 0.2) is 0 Å². The first-order valence-corrected chi connectivity index (χ1v) is 7.34. The zero-order chi connectivity index (χ0) is 12.7. The summed E-state index contributed by atoms with van der Waals surface area (Å²) in [6, 6.07) is 6.31. The Kier molecular flexibility index (Phi) is 3.09. The standard InChI is InChI=1S/C13H16IN3O/c14-10-6-8(15)3-4-11(10)17-5-1-2-9-12(17)7-16-13(9)18/h3-4,6,9,12H,1-2,5,7,15H2,(H,16,18). The number of nitrogens with zero attached hydrogens (tertiary/aromatic N) is 1. The number of amides is 1. The molecule has 3 N–H and O–H groups in total. The Bertz CT molecular complexity index is 491. The third kappa shape index (κ3) is 1.94. The average Bonchev–Trinajstić information content (AvgIpc) is 2.72. The molecule has 96 valence electrons. The van der Waals surface area contributed by atoms with E-state index in [0.29, 0.717) is 6.04 Å². The Morgan fingerprint density at radius 2 is 2.28 bits per heavy atom. The van der Waals surface area contributed by atoms with Crippen LogP contribution in [0.4, 0.5) is 11.4 Å². The Balaban J connectivity index is 1.93. The summed E-state index contributed by atoms with van der Waals surface area (Å²) >= 11 is 2.32. The van der Waals surface area contributed by atoms with Crippen LogP contribution < -0.4 is 16.0 Å². The molecule has 2 aliphatic rings. The Labute approximate surface area is 120 Å². The Hall–Kier alpha value is -0.980. The van der Waals surface area contributed by atoms with Gasteiger partial charge in [0.2, 0.25) is 5.91 Å².